The Morgan fingerprint density at radius 3 is 2.61 bits per heavy atom. The van der Waals surface area contributed by atoms with Gasteiger partial charge in [-0.15, -0.1) is 0 Å². The molecule has 95 valence electrons. The molecule has 3 saturated heterocycles. The Bertz CT molecular complexity index is 452. The first-order chi connectivity index (χ1) is 8.74. The minimum atomic E-state index is -0.390. The number of piperidine rings is 3. The highest BCUT2D eigenvalue weighted by Crippen LogP contribution is 2.32. The fraction of sp³-hybridized carbons (Fsp3) is 0.533. The van der Waals surface area contributed by atoms with E-state index in [-0.39, 0.29) is 11.3 Å². The molecule has 0 spiro atoms. The standard InChI is InChI=1S/C15H18FNO/c16-14-4-2-1-3-13(14)15(18)10-12-9-11-5-7-17(12)8-6-11/h1-4,11-12H,5-10H2/q+1. The monoisotopic (exact) mass is 247 g/mol. The number of Topliss-reactive ketones (excluding diaryl/α,β-unsaturated/α-hetero) is 1. The minimum absolute atomic E-state index is 0.0503. The Kier molecular flexibility index (Phi) is 3.16. The Labute approximate surface area is 107 Å². The summed E-state index contributed by atoms with van der Waals surface area (Å²) >= 11 is 0. The number of carbonyl (C=O) groups is 1. The van der Waals surface area contributed by atoms with Crippen molar-refractivity contribution in [1.82, 2.24) is 4.90 Å². The summed E-state index contributed by atoms with van der Waals surface area (Å²) in [5, 5.41) is 0. The van der Waals surface area contributed by atoms with E-state index in [2.05, 4.69) is 4.90 Å². The van der Waals surface area contributed by atoms with Gasteiger partial charge in [0.2, 0.25) is 0 Å². The maximum Gasteiger partial charge on any atom is 0.171 e. The van der Waals surface area contributed by atoms with Crippen LogP contribution in [-0.4, -0.2) is 24.9 Å². The van der Waals surface area contributed by atoms with Crippen molar-refractivity contribution in [1.29, 1.82) is 0 Å². The number of halogens is 1. The largest absolute Gasteiger partial charge is 0.294 e. The fourth-order valence-corrected chi connectivity index (χ4v) is 3.31. The molecule has 3 heterocycles. The molecule has 2 nitrogen and oxygen atoms in total. The number of hydrogen-bond acceptors (Lipinski definition) is 2. The SMILES string of the molecule is O=C(CC1CC2CC[N+]1CC2)c1ccccc1F. The number of fused-ring (bicyclic) bond motifs is 3. The summed E-state index contributed by atoms with van der Waals surface area (Å²) in [6.45, 7) is 2.22. The van der Waals surface area contributed by atoms with Crippen LogP contribution in [0.15, 0.2) is 24.3 Å². The Balaban J connectivity index is 1.70. The first kappa shape index (κ1) is 11.8. The summed E-state index contributed by atoms with van der Waals surface area (Å²) in [6, 6.07) is 6.64. The lowest BCUT2D eigenvalue weighted by molar-refractivity contribution is 0.0849. The lowest BCUT2D eigenvalue weighted by Crippen LogP contribution is -2.53. The van der Waals surface area contributed by atoms with Crippen molar-refractivity contribution < 1.29 is 9.18 Å². The van der Waals surface area contributed by atoms with E-state index in [1.54, 1.807) is 18.2 Å². The second kappa shape index (κ2) is 4.81. The van der Waals surface area contributed by atoms with Crippen molar-refractivity contribution in [2.45, 2.75) is 31.7 Å². The molecule has 0 aromatic heterocycles. The third kappa shape index (κ3) is 2.19. The van der Waals surface area contributed by atoms with Gasteiger partial charge in [0.05, 0.1) is 12.0 Å². The number of hydrogen-bond donors (Lipinski definition) is 0. The van der Waals surface area contributed by atoms with Crippen molar-refractivity contribution in [3.63, 3.8) is 0 Å². The molecule has 0 N–H and O–H groups in total. The quantitative estimate of drug-likeness (QED) is 0.595. The summed E-state index contributed by atoms with van der Waals surface area (Å²) in [4.78, 5) is 14.5. The molecule has 3 fully saturated rings. The number of benzene rings is 1. The smallest absolute Gasteiger partial charge is 0.171 e. The zero-order valence-corrected chi connectivity index (χ0v) is 10.4. The number of rotatable bonds is 3. The molecule has 1 unspecified atom stereocenters. The summed E-state index contributed by atoms with van der Waals surface area (Å²) in [5.41, 5.74) is 0.250. The van der Waals surface area contributed by atoms with Crippen molar-refractivity contribution in [2.24, 2.45) is 5.92 Å². The van der Waals surface area contributed by atoms with E-state index in [1.165, 1.54) is 18.9 Å². The molecular weight excluding hydrogens is 229 g/mol. The highest BCUT2D eigenvalue weighted by molar-refractivity contribution is 5.96. The predicted molar refractivity (Wildman–Crippen MR) is 68.3 cm³/mol. The van der Waals surface area contributed by atoms with Gasteiger partial charge < -0.3 is 0 Å². The first-order valence-corrected chi connectivity index (χ1v) is 6.76. The third-order valence-electron chi connectivity index (χ3n) is 4.37. The van der Waals surface area contributed by atoms with Gasteiger partial charge in [-0.05, 0) is 18.1 Å². The molecule has 1 atom stereocenters. The van der Waals surface area contributed by atoms with Crippen LogP contribution in [0.5, 0.6) is 0 Å². The highest BCUT2D eigenvalue weighted by atomic mass is 19.1. The lowest BCUT2D eigenvalue weighted by Gasteiger charge is -2.37. The molecule has 18 heavy (non-hydrogen) atoms. The summed E-state index contributed by atoms with van der Waals surface area (Å²) in [5.74, 6) is 0.345. The van der Waals surface area contributed by atoms with Crippen LogP contribution in [0.3, 0.4) is 0 Å². The second-order valence-electron chi connectivity index (χ2n) is 5.48. The van der Waals surface area contributed by atoms with Gasteiger partial charge in [-0.2, -0.15) is 4.90 Å². The Morgan fingerprint density at radius 2 is 2.00 bits per heavy atom. The van der Waals surface area contributed by atoms with Crippen LogP contribution in [-0.2, 0) is 0 Å². The van der Waals surface area contributed by atoms with E-state index in [4.69, 9.17) is 0 Å². The van der Waals surface area contributed by atoms with Crippen molar-refractivity contribution in [3.8, 4) is 0 Å². The average molecular weight is 247 g/mol. The molecule has 0 saturated carbocycles. The third-order valence-corrected chi connectivity index (χ3v) is 4.37. The van der Waals surface area contributed by atoms with E-state index in [0.717, 1.165) is 25.4 Å². The predicted octanol–water partition coefficient (Wildman–Crippen LogP) is 2.72. The van der Waals surface area contributed by atoms with Crippen LogP contribution in [0.1, 0.15) is 36.0 Å². The maximum atomic E-state index is 13.5. The number of nitrogens with zero attached hydrogens (tertiary/aromatic N) is 1. The van der Waals surface area contributed by atoms with Crippen LogP contribution in [0.4, 0.5) is 4.39 Å². The second-order valence-corrected chi connectivity index (χ2v) is 5.48. The summed E-state index contributed by atoms with van der Waals surface area (Å²) < 4.78 is 13.5. The average Bonchev–Trinajstić information content (AvgIpc) is 2.40. The van der Waals surface area contributed by atoms with Gasteiger partial charge >= 0.3 is 0 Å². The topological polar surface area (TPSA) is 23.0 Å². The summed E-state index contributed by atoms with van der Waals surface area (Å²) in [7, 11) is 0. The van der Waals surface area contributed by atoms with Crippen molar-refractivity contribution in [2.75, 3.05) is 13.1 Å². The molecule has 1 aromatic rings. The van der Waals surface area contributed by atoms with E-state index >= 15 is 0 Å². The van der Waals surface area contributed by atoms with Gasteiger partial charge in [0.25, 0.3) is 0 Å². The number of ketones is 1. The Morgan fingerprint density at radius 1 is 1.28 bits per heavy atom. The molecule has 0 aliphatic carbocycles. The first-order valence-electron chi connectivity index (χ1n) is 6.76. The van der Waals surface area contributed by atoms with Crippen LogP contribution in [0.2, 0.25) is 0 Å². The molecule has 1 aromatic carbocycles. The van der Waals surface area contributed by atoms with Gasteiger partial charge in [0.15, 0.2) is 5.78 Å². The lowest BCUT2D eigenvalue weighted by atomic mass is 9.81. The molecule has 4 rings (SSSR count). The van der Waals surface area contributed by atoms with Crippen LogP contribution in [0, 0.1) is 11.7 Å². The number of carbonyl (C=O) groups excluding carboxylic acids is 1. The van der Waals surface area contributed by atoms with Gasteiger partial charge in [-0.25, -0.2) is 4.39 Å². The van der Waals surface area contributed by atoms with E-state index in [0.29, 0.717) is 12.5 Å². The van der Waals surface area contributed by atoms with Gasteiger partial charge in [0, 0.05) is 19.3 Å². The van der Waals surface area contributed by atoms with E-state index < -0.39 is 5.82 Å². The van der Waals surface area contributed by atoms with E-state index in [9.17, 15) is 9.18 Å². The molecule has 3 heteroatoms. The normalized spacial score (nSPS) is 30.4. The van der Waals surface area contributed by atoms with Crippen LogP contribution < -0.4 is 4.90 Å². The molecule has 2 bridgehead atoms. The maximum absolute atomic E-state index is 13.5. The van der Waals surface area contributed by atoms with Gasteiger partial charge in [-0.3, -0.25) is 4.79 Å². The van der Waals surface area contributed by atoms with Crippen LogP contribution in [0.25, 0.3) is 0 Å². The van der Waals surface area contributed by atoms with Crippen molar-refractivity contribution in [3.05, 3.63) is 35.6 Å². The zero-order valence-electron chi connectivity index (χ0n) is 10.4. The van der Waals surface area contributed by atoms with Crippen molar-refractivity contribution >= 4 is 5.78 Å². The highest BCUT2D eigenvalue weighted by Gasteiger charge is 2.42. The molecule has 3 aliphatic rings. The fourth-order valence-electron chi connectivity index (χ4n) is 3.31. The molecule has 0 amide bonds. The van der Waals surface area contributed by atoms with Crippen LogP contribution >= 0.6 is 0 Å². The minimum Gasteiger partial charge on any atom is -0.294 e. The van der Waals surface area contributed by atoms with Gasteiger partial charge in [0.1, 0.15) is 24.9 Å². The molecule has 3 aliphatic heterocycles. The van der Waals surface area contributed by atoms with E-state index in [1.807, 2.05) is 0 Å². The van der Waals surface area contributed by atoms with Gasteiger partial charge in [-0.1, -0.05) is 12.1 Å². The Hall–Kier alpha value is -1.22. The summed E-state index contributed by atoms with van der Waals surface area (Å²) in [6.07, 6.45) is 4.12. The molecular formula is C15H18FNO+. The zero-order chi connectivity index (χ0) is 12.5. The molecule has 1 radical (unpaired) electrons.